The van der Waals surface area contributed by atoms with Crippen molar-refractivity contribution < 1.29 is 14.4 Å². The average Bonchev–Trinajstić information content (AvgIpc) is 3.08. The van der Waals surface area contributed by atoms with Crippen molar-refractivity contribution >= 4 is 11.4 Å². The fourth-order valence-electron chi connectivity index (χ4n) is 3.28. The van der Waals surface area contributed by atoms with Crippen molar-refractivity contribution in [1.82, 2.24) is 4.90 Å². The lowest BCUT2D eigenvalue weighted by Crippen LogP contribution is -2.48. The zero-order chi connectivity index (χ0) is 16.2. The van der Waals surface area contributed by atoms with Crippen LogP contribution in [0.2, 0.25) is 0 Å². The van der Waals surface area contributed by atoms with Crippen molar-refractivity contribution in [3.8, 4) is 5.75 Å². The lowest BCUT2D eigenvalue weighted by Gasteiger charge is -2.37. The van der Waals surface area contributed by atoms with E-state index in [2.05, 4.69) is 9.80 Å². The minimum atomic E-state index is -0.415. The molecule has 7 heteroatoms. The molecule has 0 N–H and O–H groups in total. The lowest BCUT2D eigenvalue weighted by atomic mass is 10.2. The zero-order valence-corrected chi connectivity index (χ0v) is 13.4. The molecule has 0 spiro atoms. The van der Waals surface area contributed by atoms with Gasteiger partial charge in [0, 0.05) is 57.2 Å². The van der Waals surface area contributed by atoms with E-state index >= 15 is 0 Å². The first-order valence-electron chi connectivity index (χ1n) is 8.08. The number of hydrogen-bond acceptors (Lipinski definition) is 6. The smallest absolute Gasteiger partial charge is 0.311 e. The summed E-state index contributed by atoms with van der Waals surface area (Å²) >= 11 is 0. The van der Waals surface area contributed by atoms with E-state index in [1.54, 1.807) is 12.1 Å². The molecule has 1 aromatic carbocycles. The minimum absolute atomic E-state index is 0.00766. The maximum atomic E-state index is 11.0. The monoisotopic (exact) mass is 321 g/mol. The van der Waals surface area contributed by atoms with Gasteiger partial charge in [-0.2, -0.15) is 0 Å². The number of nitrogens with zero attached hydrogens (tertiary/aromatic N) is 3. The molecule has 1 aromatic rings. The first kappa shape index (κ1) is 16.0. The van der Waals surface area contributed by atoms with Crippen LogP contribution >= 0.6 is 0 Å². The van der Waals surface area contributed by atoms with Gasteiger partial charge in [-0.05, 0) is 18.9 Å². The number of anilines is 1. The van der Waals surface area contributed by atoms with E-state index in [-0.39, 0.29) is 5.69 Å². The van der Waals surface area contributed by atoms with E-state index < -0.39 is 4.92 Å². The van der Waals surface area contributed by atoms with Gasteiger partial charge in [-0.25, -0.2) is 0 Å². The molecular weight excluding hydrogens is 298 g/mol. The summed E-state index contributed by atoms with van der Waals surface area (Å²) in [5, 5.41) is 11.0. The van der Waals surface area contributed by atoms with E-state index in [0.29, 0.717) is 11.9 Å². The molecule has 0 aliphatic carbocycles. The van der Waals surface area contributed by atoms with Crippen LogP contribution in [0.25, 0.3) is 0 Å². The van der Waals surface area contributed by atoms with Crippen molar-refractivity contribution in [1.29, 1.82) is 0 Å². The van der Waals surface area contributed by atoms with Crippen LogP contribution < -0.4 is 9.64 Å². The Morgan fingerprint density at radius 3 is 2.74 bits per heavy atom. The second-order valence-electron chi connectivity index (χ2n) is 6.04. The molecular formula is C16H23N3O4. The van der Waals surface area contributed by atoms with Gasteiger partial charge in [0.25, 0.3) is 0 Å². The summed E-state index contributed by atoms with van der Waals surface area (Å²) < 4.78 is 10.9. The topological polar surface area (TPSA) is 68.1 Å². The van der Waals surface area contributed by atoms with Gasteiger partial charge in [-0.1, -0.05) is 0 Å². The van der Waals surface area contributed by atoms with Crippen LogP contribution in [0, 0.1) is 10.1 Å². The summed E-state index contributed by atoms with van der Waals surface area (Å²) in [4.78, 5) is 15.2. The molecule has 0 saturated carbocycles. The van der Waals surface area contributed by atoms with Crippen LogP contribution in [-0.2, 0) is 4.74 Å². The summed E-state index contributed by atoms with van der Waals surface area (Å²) in [7, 11) is 1.46. The lowest BCUT2D eigenvalue weighted by molar-refractivity contribution is -0.385. The molecule has 3 rings (SSSR count). The van der Waals surface area contributed by atoms with Crippen molar-refractivity contribution in [2.75, 3.05) is 51.3 Å². The molecule has 2 saturated heterocycles. The van der Waals surface area contributed by atoms with Crippen molar-refractivity contribution in [2.24, 2.45) is 0 Å². The SMILES string of the molecule is COc1cc(N2CCN(CC3CCCO3)CC2)ccc1[N+](=O)[O-]. The number of methoxy groups -OCH3 is 1. The van der Waals surface area contributed by atoms with Gasteiger partial charge in [0.1, 0.15) is 0 Å². The maximum absolute atomic E-state index is 11.0. The van der Waals surface area contributed by atoms with Crippen LogP contribution in [0.3, 0.4) is 0 Å². The number of nitro groups is 1. The molecule has 0 aromatic heterocycles. The fourth-order valence-corrected chi connectivity index (χ4v) is 3.28. The highest BCUT2D eigenvalue weighted by Gasteiger charge is 2.24. The molecule has 2 heterocycles. The van der Waals surface area contributed by atoms with Gasteiger partial charge < -0.3 is 14.4 Å². The van der Waals surface area contributed by atoms with E-state index in [1.807, 2.05) is 0 Å². The summed E-state index contributed by atoms with van der Waals surface area (Å²) in [5.41, 5.74) is 0.984. The number of rotatable bonds is 5. The fraction of sp³-hybridized carbons (Fsp3) is 0.625. The molecule has 1 unspecified atom stereocenters. The second kappa shape index (κ2) is 7.14. The van der Waals surface area contributed by atoms with Crippen LogP contribution in [0.5, 0.6) is 5.75 Å². The molecule has 0 amide bonds. The average molecular weight is 321 g/mol. The van der Waals surface area contributed by atoms with Gasteiger partial charge in [-0.15, -0.1) is 0 Å². The molecule has 2 aliphatic heterocycles. The number of ether oxygens (including phenoxy) is 2. The standard InChI is InChI=1S/C16H23N3O4/c1-22-16-11-13(4-5-15(16)19(20)21)18-8-6-17(7-9-18)12-14-3-2-10-23-14/h4-5,11,14H,2-3,6-10,12H2,1H3. The normalized spacial score (nSPS) is 22.3. The molecule has 7 nitrogen and oxygen atoms in total. The third-order valence-electron chi connectivity index (χ3n) is 4.58. The summed E-state index contributed by atoms with van der Waals surface area (Å²) in [5.74, 6) is 0.314. The summed E-state index contributed by atoms with van der Waals surface area (Å²) in [6, 6.07) is 5.08. The second-order valence-corrected chi connectivity index (χ2v) is 6.04. The van der Waals surface area contributed by atoms with E-state index in [9.17, 15) is 10.1 Å². The molecule has 23 heavy (non-hydrogen) atoms. The Hall–Kier alpha value is -1.86. The van der Waals surface area contributed by atoms with Gasteiger partial charge in [0.15, 0.2) is 5.75 Å². The highest BCUT2D eigenvalue weighted by molar-refractivity contribution is 5.59. The molecule has 2 fully saturated rings. The quantitative estimate of drug-likeness (QED) is 0.609. The van der Waals surface area contributed by atoms with Gasteiger partial charge in [0.2, 0.25) is 0 Å². The first-order chi connectivity index (χ1) is 11.2. The van der Waals surface area contributed by atoms with Crippen LogP contribution in [0.4, 0.5) is 11.4 Å². The third kappa shape index (κ3) is 3.73. The Kier molecular flexibility index (Phi) is 4.97. The largest absolute Gasteiger partial charge is 0.490 e. The van der Waals surface area contributed by atoms with E-state index in [0.717, 1.165) is 45.0 Å². The Balaban J connectivity index is 1.59. The van der Waals surface area contributed by atoms with E-state index in [1.165, 1.54) is 26.0 Å². The molecule has 1 atom stereocenters. The predicted molar refractivity (Wildman–Crippen MR) is 87.3 cm³/mol. The van der Waals surface area contributed by atoms with E-state index in [4.69, 9.17) is 9.47 Å². The summed E-state index contributed by atoms with van der Waals surface area (Å²) in [6.07, 6.45) is 2.73. The first-order valence-corrected chi connectivity index (χ1v) is 8.08. The number of hydrogen-bond donors (Lipinski definition) is 0. The molecule has 126 valence electrons. The Morgan fingerprint density at radius 1 is 1.35 bits per heavy atom. The van der Waals surface area contributed by atoms with Crippen molar-refractivity contribution in [3.63, 3.8) is 0 Å². The molecule has 2 aliphatic rings. The summed E-state index contributed by atoms with van der Waals surface area (Å²) in [6.45, 7) is 5.70. The van der Waals surface area contributed by atoms with Gasteiger partial charge in [0.05, 0.1) is 18.1 Å². The third-order valence-corrected chi connectivity index (χ3v) is 4.58. The maximum Gasteiger partial charge on any atom is 0.311 e. The Morgan fingerprint density at radius 2 is 2.13 bits per heavy atom. The van der Waals surface area contributed by atoms with Gasteiger partial charge in [-0.3, -0.25) is 15.0 Å². The van der Waals surface area contributed by atoms with Gasteiger partial charge >= 0.3 is 5.69 Å². The highest BCUT2D eigenvalue weighted by atomic mass is 16.6. The number of benzene rings is 1. The zero-order valence-electron chi connectivity index (χ0n) is 13.4. The van der Waals surface area contributed by atoms with Crippen molar-refractivity contribution in [2.45, 2.75) is 18.9 Å². The van der Waals surface area contributed by atoms with Crippen LogP contribution in [0.15, 0.2) is 18.2 Å². The molecule has 0 radical (unpaired) electrons. The number of nitro benzene ring substituents is 1. The highest BCUT2D eigenvalue weighted by Crippen LogP contribution is 2.31. The predicted octanol–water partition coefficient (Wildman–Crippen LogP) is 1.90. The van der Waals surface area contributed by atoms with Crippen LogP contribution in [-0.4, -0.2) is 62.4 Å². The Bertz CT molecular complexity index is 552. The number of piperazine rings is 1. The Labute approximate surface area is 135 Å². The van der Waals surface area contributed by atoms with Crippen molar-refractivity contribution in [3.05, 3.63) is 28.3 Å². The minimum Gasteiger partial charge on any atom is -0.490 e. The van der Waals surface area contributed by atoms with Crippen LogP contribution in [0.1, 0.15) is 12.8 Å². The molecule has 0 bridgehead atoms.